The molecule has 0 aliphatic rings. The highest BCUT2D eigenvalue weighted by Crippen LogP contribution is 2.17. The molecule has 0 saturated carbocycles. The monoisotopic (exact) mass is 315 g/mol. The second-order valence-corrected chi connectivity index (χ2v) is 4.97. The number of nitrogens with one attached hydrogen (secondary N) is 2. The highest BCUT2D eigenvalue weighted by molar-refractivity contribution is 9.10. The van der Waals surface area contributed by atoms with Crippen molar-refractivity contribution in [3.05, 3.63) is 34.1 Å². The molecule has 0 saturated heterocycles. The molecule has 0 bridgehead atoms. The summed E-state index contributed by atoms with van der Waals surface area (Å²) in [6.07, 6.45) is 1.02. The van der Waals surface area contributed by atoms with E-state index in [0.717, 1.165) is 22.4 Å². The van der Waals surface area contributed by atoms with Crippen molar-refractivity contribution in [1.82, 2.24) is 10.6 Å². The van der Waals surface area contributed by atoms with Gasteiger partial charge in [0.1, 0.15) is 5.82 Å². The van der Waals surface area contributed by atoms with Crippen molar-refractivity contribution < 1.29 is 4.39 Å². The lowest BCUT2D eigenvalue weighted by atomic mass is 10.2. The van der Waals surface area contributed by atoms with Crippen LogP contribution in [0.4, 0.5) is 4.39 Å². The molecule has 1 aromatic rings. The Bertz CT molecular complexity index is 421. The lowest BCUT2D eigenvalue weighted by molar-refractivity contribution is 0.617. The van der Waals surface area contributed by atoms with Crippen LogP contribution in [0.1, 0.15) is 25.8 Å². The lowest BCUT2D eigenvalue weighted by Crippen LogP contribution is -2.41. The average molecular weight is 316 g/mol. The second kappa shape index (κ2) is 7.36. The smallest absolute Gasteiger partial charge is 0.191 e. The third-order valence-electron chi connectivity index (χ3n) is 2.67. The first kappa shape index (κ1) is 15.0. The van der Waals surface area contributed by atoms with Crippen molar-refractivity contribution in [3.63, 3.8) is 0 Å². The van der Waals surface area contributed by atoms with Gasteiger partial charge in [0.2, 0.25) is 0 Å². The zero-order chi connectivity index (χ0) is 13.5. The fourth-order valence-corrected chi connectivity index (χ4v) is 1.77. The van der Waals surface area contributed by atoms with E-state index in [4.69, 9.17) is 0 Å². The molecule has 1 atom stereocenters. The maximum absolute atomic E-state index is 13.1. The van der Waals surface area contributed by atoms with Gasteiger partial charge in [0.25, 0.3) is 0 Å². The average Bonchev–Trinajstić information content (AvgIpc) is 2.37. The number of guanidine groups is 1. The Labute approximate surface area is 116 Å². The number of rotatable bonds is 4. The fraction of sp³-hybridized carbons (Fsp3) is 0.462. The molecule has 0 spiro atoms. The Morgan fingerprint density at radius 1 is 1.50 bits per heavy atom. The minimum absolute atomic E-state index is 0.236. The van der Waals surface area contributed by atoms with E-state index in [1.807, 2.05) is 0 Å². The van der Waals surface area contributed by atoms with Crippen LogP contribution in [0.5, 0.6) is 0 Å². The largest absolute Gasteiger partial charge is 0.354 e. The molecule has 0 heterocycles. The van der Waals surface area contributed by atoms with Crippen LogP contribution in [0.15, 0.2) is 27.7 Å². The highest BCUT2D eigenvalue weighted by atomic mass is 79.9. The van der Waals surface area contributed by atoms with Gasteiger partial charge in [0.05, 0.1) is 0 Å². The van der Waals surface area contributed by atoms with Crippen LogP contribution >= 0.6 is 15.9 Å². The van der Waals surface area contributed by atoms with Crippen LogP contribution in [-0.2, 0) is 6.54 Å². The number of hydrogen-bond acceptors (Lipinski definition) is 1. The Morgan fingerprint density at radius 3 is 2.83 bits per heavy atom. The third-order valence-corrected chi connectivity index (χ3v) is 3.45. The van der Waals surface area contributed by atoms with E-state index in [0.29, 0.717) is 12.6 Å². The third kappa shape index (κ3) is 4.64. The summed E-state index contributed by atoms with van der Waals surface area (Å²) in [5, 5.41) is 6.41. The minimum atomic E-state index is -0.236. The van der Waals surface area contributed by atoms with Crippen molar-refractivity contribution in [2.45, 2.75) is 32.9 Å². The summed E-state index contributed by atoms with van der Waals surface area (Å²) in [5.41, 5.74) is 0.863. The summed E-state index contributed by atoms with van der Waals surface area (Å²) in [6, 6.07) is 5.00. The SMILES string of the molecule is CCC(C)NC(=NC)NCc1cc(F)ccc1Br. The van der Waals surface area contributed by atoms with Gasteiger partial charge in [-0.2, -0.15) is 0 Å². The van der Waals surface area contributed by atoms with Gasteiger partial charge in [-0.05, 0) is 37.1 Å². The Hall–Kier alpha value is -1.10. The second-order valence-electron chi connectivity index (χ2n) is 4.12. The predicted octanol–water partition coefficient (Wildman–Crippen LogP) is 3.05. The molecule has 100 valence electrons. The topological polar surface area (TPSA) is 36.4 Å². The van der Waals surface area contributed by atoms with E-state index >= 15 is 0 Å². The molecule has 0 radical (unpaired) electrons. The quantitative estimate of drug-likeness (QED) is 0.662. The van der Waals surface area contributed by atoms with E-state index < -0.39 is 0 Å². The zero-order valence-corrected chi connectivity index (χ0v) is 12.5. The van der Waals surface area contributed by atoms with Crippen LogP contribution < -0.4 is 10.6 Å². The molecule has 0 aliphatic carbocycles. The Kier molecular flexibility index (Phi) is 6.12. The van der Waals surface area contributed by atoms with Crippen LogP contribution in [0, 0.1) is 5.82 Å². The molecule has 1 rings (SSSR count). The van der Waals surface area contributed by atoms with Gasteiger partial charge in [-0.1, -0.05) is 22.9 Å². The van der Waals surface area contributed by atoms with Crippen LogP contribution in [-0.4, -0.2) is 19.0 Å². The fourth-order valence-electron chi connectivity index (χ4n) is 1.39. The maximum Gasteiger partial charge on any atom is 0.191 e. The Morgan fingerprint density at radius 2 is 2.22 bits per heavy atom. The van der Waals surface area contributed by atoms with Gasteiger partial charge in [0, 0.05) is 24.1 Å². The summed E-state index contributed by atoms with van der Waals surface area (Å²) in [7, 11) is 1.72. The number of benzene rings is 1. The first-order valence-electron chi connectivity index (χ1n) is 5.98. The normalized spacial score (nSPS) is 13.3. The van der Waals surface area contributed by atoms with E-state index in [1.54, 1.807) is 13.1 Å². The zero-order valence-electron chi connectivity index (χ0n) is 10.9. The van der Waals surface area contributed by atoms with E-state index in [1.165, 1.54) is 12.1 Å². The van der Waals surface area contributed by atoms with Gasteiger partial charge in [-0.25, -0.2) is 4.39 Å². The molecule has 0 fully saturated rings. The van der Waals surface area contributed by atoms with Crippen molar-refractivity contribution in [3.8, 4) is 0 Å². The van der Waals surface area contributed by atoms with Gasteiger partial charge >= 0.3 is 0 Å². The summed E-state index contributed by atoms with van der Waals surface area (Å²) in [4.78, 5) is 4.13. The Balaban J connectivity index is 2.60. The van der Waals surface area contributed by atoms with E-state index in [9.17, 15) is 4.39 Å². The van der Waals surface area contributed by atoms with E-state index in [-0.39, 0.29) is 5.82 Å². The van der Waals surface area contributed by atoms with Crippen LogP contribution in [0.2, 0.25) is 0 Å². The first-order valence-corrected chi connectivity index (χ1v) is 6.77. The molecular formula is C13H19BrFN3. The van der Waals surface area contributed by atoms with Gasteiger partial charge < -0.3 is 10.6 Å². The summed E-state index contributed by atoms with van der Waals surface area (Å²) in [5.74, 6) is 0.486. The van der Waals surface area contributed by atoms with Crippen LogP contribution in [0.25, 0.3) is 0 Å². The molecule has 2 N–H and O–H groups in total. The molecule has 0 aliphatic heterocycles. The van der Waals surface area contributed by atoms with Crippen molar-refractivity contribution >= 4 is 21.9 Å². The minimum Gasteiger partial charge on any atom is -0.354 e. The van der Waals surface area contributed by atoms with Crippen molar-refractivity contribution in [2.24, 2.45) is 4.99 Å². The summed E-state index contributed by atoms with van der Waals surface area (Å²) >= 11 is 3.40. The molecule has 18 heavy (non-hydrogen) atoms. The van der Waals surface area contributed by atoms with Crippen molar-refractivity contribution in [2.75, 3.05) is 7.05 Å². The molecular weight excluding hydrogens is 297 g/mol. The molecule has 0 aromatic heterocycles. The number of hydrogen-bond donors (Lipinski definition) is 2. The molecule has 0 amide bonds. The van der Waals surface area contributed by atoms with E-state index in [2.05, 4.69) is 45.4 Å². The number of aliphatic imine (C=N–C) groups is 1. The molecule has 1 aromatic carbocycles. The van der Waals surface area contributed by atoms with Gasteiger partial charge in [-0.15, -0.1) is 0 Å². The van der Waals surface area contributed by atoms with Gasteiger partial charge in [0.15, 0.2) is 5.96 Å². The molecule has 1 unspecified atom stereocenters. The standard InChI is InChI=1S/C13H19BrFN3/c1-4-9(2)18-13(16-3)17-8-10-7-11(15)5-6-12(10)14/h5-7,9H,4,8H2,1-3H3,(H2,16,17,18). The number of nitrogens with zero attached hydrogens (tertiary/aromatic N) is 1. The first-order chi connectivity index (χ1) is 8.56. The molecule has 3 nitrogen and oxygen atoms in total. The van der Waals surface area contributed by atoms with Crippen LogP contribution in [0.3, 0.4) is 0 Å². The highest BCUT2D eigenvalue weighted by Gasteiger charge is 2.05. The lowest BCUT2D eigenvalue weighted by Gasteiger charge is -2.16. The summed E-state index contributed by atoms with van der Waals surface area (Å²) < 4.78 is 14.0. The van der Waals surface area contributed by atoms with Gasteiger partial charge in [-0.3, -0.25) is 4.99 Å². The molecule has 5 heteroatoms. The van der Waals surface area contributed by atoms with Crippen molar-refractivity contribution in [1.29, 1.82) is 0 Å². The maximum atomic E-state index is 13.1. The predicted molar refractivity (Wildman–Crippen MR) is 77.2 cm³/mol. The summed E-state index contributed by atoms with van der Waals surface area (Å²) in [6.45, 7) is 4.72. The number of halogens is 2.